The fraction of sp³-hybridized carbons (Fsp3) is 0.450. The van der Waals surface area contributed by atoms with Gasteiger partial charge in [-0.05, 0) is 38.5 Å². The largest absolute Gasteiger partial charge is 0.418 e. The second-order valence-electron chi connectivity index (χ2n) is 7.16. The van der Waals surface area contributed by atoms with Gasteiger partial charge in [0.2, 0.25) is 5.91 Å². The van der Waals surface area contributed by atoms with Crippen LogP contribution in [0, 0.1) is 20.8 Å². The highest BCUT2D eigenvalue weighted by Crippen LogP contribution is 2.36. The van der Waals surface area contributed by atoms with Gasteiger partial charge in [0.05, 0.1) is 5.56 Å². The lowest BCUT2D eigenvalue weighted by atomic mass is 10.1. The van der Waals surface area contributed by atoms with Crippen molar-refractivity contribution in [2.24, 2.45) is 0 Å². The van der Waals surface area contributed by atoms with Gasteiger partial charge in [0.15, 0.2) is 0 Å². The summed E-state index contributed by atoms with van der Waals surface area (Å²) >= 11 is 0. The highest BCUT2D eigenvalue weighted by atomic mass is 19.4. The van der Waals surface area contributed by atoms with E-state index in [9.17, 15) is 22.8 Å². The maximum Gasteiger partial charge on any atom is 0.418 e. The molecule has 9 heteroatoms. The second-order valence-corrected chi connectivity index (χ2v) is 7.16. The van der Waals surface area contributed by atoms with Gasteiger partial charge < -0.3 is 9.80 Å². The van der Waals surface area contributed by atoms with Crippen LogP contribution in [0.5, 0.6) is 0 Å². The lowest BCUT2D eigenvalue weighted by Gasteiger charge is -2.37. The van der Waals surface area contributed by atoms with E-state index in [1.54, 1.807) is 29.7 Å². The van der Waals surface area contributed by atoms with Crippen LogP contribution in [0.1, 0.15) is 22.5 Å². The van der Waals surface area contributed by atoms with Crippen molar-refractivity contribution in [3.63, 3.8) is 0 Å². The molecule has 6 nitrogen and oxygen atoms in total. The molecule has 1 aliphatic rings. The molecule has 1 aromatic carbocycles. The fourth-order valence-electron chi connectivity index (χ4n) is 3.50. The van der Waals surface area contributed by atoms with Crippen molar-refractivity contribution >= 4 is 11.6 Å². The van der Waals surface area contributed by atoms with Gasteiger partial charge >= 0.3 is 11.9 Å². The van der Waals surface area contributed by atoms with Crippen molar-refractivity contribution in [3.8, 4) is 0 Å². The fourth-order valence-corrected chi connectivity index (χ4v) is 3.50. The summed E-state index contributed by atoms with van der Waals surface area (Å²) in [6.45, 7) is 6.38. The summed E-state index contributed by atoms with van der Waals surface area (Å²) in [6.07, 6.45) is -4.43. The number of anilines is 1. The Balaban J connectivity index is 1.70. The van der Waals surface area contributed by atoms with Crippen LogP contribution >= 0.6 is 0 Å². The molecule has 29 heavy (non-hydrogen) atoms. The summed E-state index contributed by atoms with van der Waals surface area (Å²) < 4.78 is 41.1. The Morgan fingerprint density at radius 1 is 1.07 bits per heavy atom. The molecule has 1 aliphatic heterocycles. The highest BCUT2D eigenvalue weighted by molar-refractivity contribution is 5.76. The van der Waals surface area contributed by atoms with E-state index >= 15 is 0 Å². The minimum atomic E-state index is -4.43. The van der Waals surface area contributed by atoms with Gasteiger partial charge in [0, 0.05) is 43.3 Å². The number of hydrogen-bond acceptors (Lipinski definition) is 4. The molecule has 0 radical (unpaired) electrons. The molecule has 1 saturated heterocycles. The first-order chi connectivity index (χ1) is 13.6. The molecule has 2 aromatic rings. The van der Waals surface area contributed by atoms with Crippen LogP contribution in [0.2, 0.25) is 0 Å². The van der Waals surface area contributed by atoms with Crippen molar-refractivity contribution in [2.45, 2.75) is 33.5 Å². The Bertz CT molecular complexity index is 977. The number of rotatable bonds is 3. The number of benzene rings is 1. The Morgan fingerprint density at radius 2 is 1.69 bits per heavy atom. The molecule has 1 fully saturated rings. The smallest absolute Gasteiger partial charge is 0.367 e. The van der Waals surface area contributed by atoms with Crippen LogP contribution in [-0.4, -0.2) is 46.5 Å². The van der Waals surface area contributed by atoms with Gasteiger partial charge in [-0.3, -0.25) is 9.36 Å². The summed E-state index contributed by atoms with van der Waals surface area (Å²) in [7, 11) is 0. The summed E-state index contributed by atoms with van der Waals surface area (Å²) in [5.41, 5.74) is 1.14. The Labute approximate surface area is 166 Å². The third-order valence-electron chi connectivity index (χ3n) is 5.46. The summed E-state index contributed by atoms with van der Waals surface area (Å²) in [5.74, 6) is -0.246. The van der Waals surface area contributed by atoms with Crippen molar-refractivity contribution in [2.75, 3.05) is 31.1 Å². The molecule has 0 saturated carbocycles. The lowest BCUT2D eigenvalue weighted by Crippen LogP contribution is -2.50. The number of nitrogens with zero attached hydrogens (tertiary/aromatic N) is 4. The number of aromatic nitrogens is 2. The number of aryl methyl sites for hydroxylation is 1. The van der Waals surface area contributed by atoms with Gasteiger partial charge in [-0.1, -0.05) is 12.1 Å². The summed E-state index contributed by atoms with van der Waals surface area (Å²) in [5, 5.41) is 0. The molecular formula is C20H23F3N4O2. The zero-order valence-electron chi connectivity index (χ0n) is 16.6. The topological polar surface area (TPSA) is 58.4 Å². The normalized spacial score (nSPS) is 15.0. The molecule has 0 N–H and O–H groups in total. The molecule has 0 unspecified atom stereocenters. The van der Waals surface area contributed by atoms with Gasteiger partial charge in [-0.2, -0.15) is 18.2 Å². The van der Waals surface area contributed by atoms with Crippen LogP contribution in [0.3, 0.4) is 0 Å². The number of alkyl halides is 3. The van der Waals surface area contributed by atoms with E-state index in [1.807, 2.05) is 6.92 Å². The zero-order chi connectivity index (χ0) is 21.3. The van der Waals surface area contributed by atoms with Gasteiger partial charge in [-0.25, -0.2) is 4.79 Å². The summed E-state index contributed by atoms with van der Waals surface area (Å²) in [4.78, 5) is 32.0. The first kappa shape index (κ1) is 20.9. The van der Waals surface area contributed by atoms with Crippen LogP contribution in [0.4, 0.5) is 18.9 Å². The number of carbonyl (C=O) groups is 1. The van der Waals surface area contributed by atoms with E-state index in [0.717, 1.165) is 11.6 Å². The molecule has 3 rings (SSSR count). The summed E-state index contributed by atoms with van der Waals surface area (Å²) in [6, 6.07) is 5.45. The average molecular weight is 408 g/mol. The van der Waals surface area contributed by atoms with Crippen molar-refractivity contribution in [3.05, 3.63) is 57.3 Å². The van der Waals surface area contributed by atoms with Gasteiger partial charge in [0.1, 0.15) is 6.54 Å². The third-order valence-corrected chi connectivity index (χ3v) is 5.46. The predicted octanol–water partition coefficient (Wildman–Crippen LogP) is 2.54. The van der Waals surface area contributed by atoms with E-state index < -0.39 is 17.4 Å². The Morgan fingerprint density at radius 3 is 2.31 bits per heavy atom. The minimum Gasteiger partial charge on any atom is -0.367 e. The molecule has 0 spiro atoms. The first-order valence-electron chi connectivity index (χ1n) is 9.33. The van der Waals surface area contributed by atoms with E-state index in [4.69, 9.17) is 0 Å². The number of amides is 1. The monoisotopic (exact) mass is 408 g/mol. The number of para-hydroxylation sites is 1. The number of carbonyl (C=O) groups excluding carboxylic acids is 1. The molecule has 0 atom stereocenters. The van der Waals surface area contributed by atoms with Crippen LogP contribution in [0.25, 0.3) is 0 Å². The second kappa shape index (κ2) is 7.88. The molecule has 0 bridgehead atoms. The molecule has 0 aliphatic carbocycles. The molecule has 156 valence electrons. The third kappa shape index (κ3) is 4.28. The Kier molecular flexibility index (Phi) is 5.68. The maximum atomic E-state index is 13.3. The van der Waals surface area contributed by atoms with E-state index in [0.29, 0.717) is 11.4 Å². The zero-order valence-corrected chi connectivity index (χ0v) is 16.6. The van der Waals surface area contributed by atoms with Crippen molar-refractivity contribution < 1.29 is 18.0 Å². The molecular weight excluding hydrogens is 385 g/mol. The number of halogens is 3. The van der Waals surface area contributed by atoms with E-state index in [-0.39, 0.29) is 44.3 Å². The number of piperazine rings is 1. The predicted molar refractivity (Wildman–Crippen MR) is 103 cm³/mol. The molecule has 1 aromatic heterocycles. The number of hydrogen-bond donors (Lipinski definition) is 0. The SMILES string of the molecule is Cc1nc(=O)n(CC(=O)N2CCN(c3ccccc3C(F)(F)F)CC2)c(C)c1C. The molecule has 1 amide bonds. The quantitative estimate of drug-likeness (QED) is 0.783. The molecule has 2 heterocycles. The van der Waals surface area contributed by atoms with Crippen molar-refractivity contribution in [1.82, 2.24) is 14.5 Å². The van der Waals surface area contributed by atoms with E-state index in [1.165, 1.54) is 16.7 Å². The van der Waals surface area contributed by atoms with Crippen molar-refractivity contribution in [1.29, 1.82) is 0 Å². The first-order valence-corrected chi connectivity index (χ1v) is 9.33. The lowest BCUT2D eigenvalue weighted by molar-refractivity contribution is -0.137. The Hall–Kier alpha value is -2.84. The van der Waals surface area contributed by atoms with Crippen LogP contribution < -0.4 is 10.6 Å². The van der Waals surface area contributed by atoms with Crippen LogP contribution in [-0.2, 0) is 17.5 Å². The van der Waals surface area contributed by atoms with Crippen LogP contribution in [0.15, 0.2) is 29.1 Å². The van der Waals surface area contributed by atoms with E-state index in [2.05, 4.69) is 4.98 Å². The maximum absolute atomic E-state index is 13.3. The van der Waals surface area contributed by atoms with Gasteiger partial charge in [-0.15, -0.1) is 0 Å². The standard InChI is InChI=1S/C20H23F3N4O2/c1-13-14(2)24-19(29)27(15(13)3)12-18(28)26-10-8-25(9-11-26)17-7-5-4-6-16(17)20(21,22)23/h4-7H,8-12H2,1-3H3. The minimum absolute atomic E-state index is 0.123. The average Bonchev–Trinajstić information content (AvgIpc) is 2.69. The van der Waals surface area contributed by atoms with Gasteiger partial charge in [0.25, 0.3) is 0 Å². The highest BCUT2D eigenvalue weighted by Gasteiger charge is 2.35.